The maximum Gasteiger partial charge on any atom is 0.139 e. The van der Waals surface area contributed by atoms with Crippen molar-refractivity contribution < 1.29 is 9.13 Å². The van der Waals surface area contributed by atoms with E-state index in [1.54, 1.807) is 13.2 Å². The average Bonchev–Trinajstić information content (AvgIpc) is 2.59. The minimum absolute atomic E-state index is 0.285. The van der Waals surface area contributed by atoms with Gasteiger partial charge in [-0.05, 0) is 36.2 Å². The lowest BCUT2D eigenvalue weighted by atomic mass is 10.1. The fourth-order valence-corrected chi connectivity index (χ4v) is 2.62. The Morgan fingerprint density at radius 1 is 1.13 bits per heavy atom. The van der Waals surface area contributed by atoms with Crippen molar-refractivity contribution in [2.75, 3.05) is 25.6 Å². The van der Waals surface area contributed by atoms with Crippen molar-refractivity contribution in [2.45, 2.75) is 6.42 Å². The third kappa shape index (κ3) is 3.23. The average molecular weight is 311 g/mol. The van der Waals surface area contributed by atoms with Crippen LogP contribution in [0.4, 0.5) is 10.2 Å². The van der Waals surface area contributed by atoms with Crippen molar-refractivity contribution in [2.24, 2.45) is 0 Å². The lowest BCUT2D eigenvalue weighted by Gasteiger charge is -2.20. The van der Waals surface area contributed by atoms with Gasteiger partial charge in [-0.3, -0.25) is 0 Å². The largest absolute Gasteiger partial charge is 0.496 e. The van der Waals surface area contributed by atoms with Gasteiger partial charge in [0.2, 0.25) is 0 Å². The third-order valence-corrected chi connectivity index (χ3v) is 3.85. The number of para-hydroxylation sites is 1. The smallest absolute Gasteiger partial charge is 0.139 e. The molecular formula is C18H18FN3O. The molecule has 5 heteroatoms. The highest BCUT2D eigenvalue weighted by atomic mass is 19.1. The highest BCUT2D eigenvalue weighted by molar-refractivity contribution is 5.89. The summed E-state index contributed by atoms with van der Waals surface area (Å²) in [6.07, 6.45) is 2.32. The van der Waals surface area contributed by atoms with Crippen LogP contribution in [-0.2, 0) is 6.42 Å². The first-order valence-electron chi connectivity index (χ1n) is 7.42. The maximum absolute atomic E-state index is 13.5. The van der Waals surface area contributed by atoms with Gasteiger partial charge in [0, 0.05) is 19.0 Å². The second-order valence-electron chi connectivity index (χ2n) is 5.34. The Bertz CT molecular complexity index is 822. The van der Waals surface area contributed by atoms with E-state index in [1.807, 2.05) is 36.2 Å². The standard InChI is InChI=1S/C18H18FN3O/c1-22(10-9-13-5-3-4-6-17(13)23-2)18-15-11-14(19)7-8-16(15)20-12-21-18/h3-8,11-12H,9-10H2,1-2H3. The van der Waals surface area contributed by atoms with Crippen LogP contribution in [0.3, 0.4) is 0 Å². The van der Waals surface area contributed by atoms with Gasteiger partial charge >= 0.3 is 0 Å². The number of likely N-dealkylation sites (N-methyl/N-ethyl adjacent to an activating group) is 1. The number of hydrogen-bond donors (Lipinski definition) is 0. The van der Waals surface area contributed by atoms with E-state index in [9.17, 15) is 4.39 Å². The summed E-state index contributed by atoms with van der Waals surface area (Å²) in [5.41, 5.74) is 1.87. The molecule has 0 bridgehead atoms. The van der Waals surface area contributed by atoms with Crippen molar-refractivity contribution in [3.63, 3.8) is 0 Å². The van der Waals surface area contributed by atoms with Crippen LogP contribution in [0.1, 0.15) is 5.56 Å². The van der Waals surface area contributed by atoms with Crippen molar-refractivity contribution >= 4 is 16.7 Å². The number of ether oxygens (including phenoxy) is 1. The Hall–Kier alpha value is -2.69. The third-order valence-electron chi connectivity index (χ3n) is 3.85. The van der Waals surface area contributed by atoms with Gasteiger partial charge in [0.05, 0.1) is 12.6 Å². The van der Waals surface area contributed by atoms with Crippen molar-refractivity contribution in [3.8, 4) is 5.75 Å². The molecule has 0 unspecified atom stereocenters. The van der Waals surface area contributed by atoms with Gasteiger partial charge in [-0.1, -0.05) is 18.2 Å². The number of aromatic nitrogens is 2. The van der Waals surface area contributed by atoms with Gasteiger partial charge in [0.1, 0.15) is 23.7 Å². The molecule has 0 atom stereocenters. The van der Waals surface area contributed by atoms with Crippen LogP contribution in [-0.4, -0.2) is 30.7 Å². The van der Waals surface area contributed by atoms with E-state index in [2.05, 4.69) is 9.97 Å². The molecule has 0 aliphatic carbocycles. The molecule has 0 saturated heterocycles. The highest BCUT2D eigenvalue weighted by Crippen LogP contribution is 2.24. The Balaban J connectivity index is 1.83. The number of fused-ring (bicyclic) bond motifs is 1. The quantitative estimate of drug-likeness (QED) is 0.723. The molecule has 0 spiro atoms. The summed E-state index contributed by atoms with van der Waals surface area (Å²) in [5, 5.41) is 0.718. The summed E-state index contributed by atoms with van der Waals surface area (Å²) in [5.74, 6) is 1.32. The molecule has 0 radical (unpaired) electrons. The lowest BCUT2D eigenvalue weighted by Crippen LogP contribution is -2.22. The van der Waals surface area contributed by atoms with Crippen molar-refractivity contribution in [1.29, 1.82) is 0 Å². The van der Waals surface area contributed by atoms with Gasteiger partial charge in [0.25, 0.3) is 0 Å². The first-order chi connectivity index (χ1) is 11.2. The van der Waals surface area contributed by atoms with E-state index in [-0.39, 0.29) is 5.82 Å². The Kier molecular flexibility index (Phi) is 4.37. The minimum atomic E-state index is -0.285. The first-order valence-corrected chi connectivity index (χ1v) is 7.42. The fourth-order valence-electron chi connectivity index (χ4n) is 2.62. The number of anilines is 1. The van der Waals surface area contributed by atoms with Gasteiger partial charge in [-0.25, -0.2) is 14.4 Å². The lowest BCUT2D eigenvalue weighted by molar-refractivity contribution is 0.409. The Labute approximate surface area is 134 Å². The van der Waals surface area contributed by atoms with Gasteiger partial charge < -0.3 is 9.64 Å². The Morgan fingerprint density at radius 3 is 2.78 bits per heavy atom. The molecular weight excluding hydrogens is 293 g/mol. The van der Waals surface area contributed by atoms with Crippen LogP contribution >= 0.6 is 0 Å². The van der Waals surface area contributed by atoms with Crippen LogP contribution in [0.5, 0.6) is 5.75 Å². The zero-order valence-electron chi connectivity index (χ0n) is 13.2. The number of methoxy groups -OCH3 is 1. The summed E-state index contributed by atoms with van der Waals surface area (Å²) in [6, 6.07) is 12.5. The molecule has 1 aromatic heterocycles. The van der Waals surface area contributed by atoms with Crippen LogP contribution in [0.25, 0.3) is 10.9 Å². The molecule has 0 aliphatic rings. The topological polar surface area (TPSA) is 38.2 Å². The van der Waals surface area contributed by atoms with Crippen LogP contribution < -0.4 is 9.64 Å². The molecule has 1 heterocycles. The van der Waals surface area contributed by atoms with Crippen LogP contribution in [0, 0.1) is 5.82 Å². The van der Waals surface area contributed by atoms with E-state index >= 15 is 0 Å². The summed E-state index contributed by atoms with van der Waals surface area (Å²) in [4.78, 5) is 10.5. The predicted molar refractivity (Wildman–Crippen MR) is 89.5 cm³/mol. The fraction of sp³-hybridized carbons (Fsp3) is 0.222. The van der Waals surface area contributed by atoms with E-state index < -0.39 is 0 Å². The Morgan fingerprint density at radius 2 is 1.96 bits per heavy atom. The van der Waals surface area contributed by atoms with Gasteiger partial charge in [-0.15, -0.1) is 0 Å². The van der Waals surface area contributed by atoms with Crippen LogP contribution in [0.2, 0.25) is 0 Å². The number of hydrogen-bond acceptors (Lipinski definition) is 4. The predicted octanol–water partition coefficient (Wildman–Crippen LogP) is 3.46. The minimum Gasteiger partial charge on any atom is -0.496 e. The van der Waals surface area contributed by atoms with Crippen LogP contribution in [0.15, 0.2) is 48.8 Å². The monoisotopic (exact) mass is 311 g/mol. The first kappa shape index (κ1) is 15.2. The summed E-state index contributed by atoms with van der Waals surface area (Å²) in [7, 11) is 3.62. The summed E-state index contributed by atoms with van der Waals surface area (Å²) in [6.45, 7) is 0.739. The van der Waals surface area contributed by atoms with Crippen molar-refractivity contribution in [1.82, 2.24) is 9.97 Å². The van der Waals surface area contributed by atoms with Gasteiger partial charge in [-0.2, -0.15) is 0 Å². The zero-order valence-corrected chi connectivity index (χ0v) is 13.2. The maximum atomic E-state index is 13.5. The number of nitrogens with zero attached hydrogens (tertiary/aromatic N) is 3. The normalized spacial score (nSPS) is 10.7. The molecule has 3 aromatic rings. The second-order valence-corrected chi connectivity index (χ2v) is 5.34. The summed E-state index contributed by atoms with van der Waals surface area (Å²) < 4.78 is 18.9. The zero-order chi connectivity index (χ0) is 16.2. The van der Waals surface area contributed by atoms with Crippen molar-refractivity contribution in [3.05, 3.63) is 60.2 Å². The molecule has 23 heavy (non-hydrogen) atoms. The molecule has 0 fully saturated rings. The number of halogens is 1. The molecule has 0 N–H and O–H groups in total. The number of rotatable bonds is 5. The van der Waals surface area contributed by atoms with Gasteiger partial charge in [0.15, 0.2) is 0 Å². The summed E-state index contributed by atoms with van der Waals surface area (Å²) >= 11 is 0. The highest BCUT2D eigenvalue weighted by Gasteiger charge is 2.10. The molecule has 4 nitrogen and oxygen atoms in total. The van der Waals surface area contributed by atoms with E-state index in [4.69, 9.17) is 4.74 Å². The van der Waals surface area contributed by atoms with E-state index in [0.717, 1.165) is 41.0 Å². The second kappa shape index (κ2) is 6.60. The molecule has 118 valence electrons. The van der Waals surface area contributed by atoms with E-state index in [1.165, 1.54) is 18.5 Å². The molecule has 0 aliphatic heterocycles. The molecule has 3 rings (SSSR count). The SMILES string of the molecule is COc1ccccc1CCN(C)c1ncnc2ccc(F)cc12. The van der Waals surface area contributed by atoms with E-state index in [0.29, 0.717) is 0 Å². The molecule has 2 aromatic carbocycles. The number of benzene rings is 2. The molecule has 0 amide bonds. The molecule has 0 saturated carbocycles.